The fourth-order valence-corrected chi connectivity index (χ4v) is 13.0. The first-order valence-electron chi connectivity index (χ1n) is 23.1. The quantitative estimate of drug-likeness (QED) is 0.174. The summed E-state index contributed by atoms with van der Waals surface area (Å²) in [6.45, 7) is 0. The molecule has 6 heterocycles. The van der Waals surface area contributed by atoms with E-state index in [1.54, 1.807) is 11.8 Å². The van der Waals surface area contributed by atoms with Gasteiger partial charge in [0.25, 0.3) is 0 Å². The average Bonchev–Trinajstić information content (AvgIpc) is 4.04. The van der Waals surface area contributed by atoms with Crippen molar-refractivity contribution in [3.63, 3.8) is 0 Å². The molecule has 2 aliphatic heterocycles. The van der Waals surface area contributed by atoms with Crippen LogP contribution in [0, 0.1) is 22.7 Å². The zero-order valence-electron chi connectivity index (χ0n) is 37.0. The predicted octanol–water partition coefficient (Wildman–Crippen LogP) is 14.8. The number of pyridine rings is 2. The largest absolute Gasteiger partial charge is 0.453 e. The summed E-state index contributed by atoms with van der Waals surface area (Å²) in [7, 11) is 0. The standard InChI is InChI=1S/C61H33N7OS/c62-33-36-22-26-49-42(29-36)40-11-1-3-14-47(40)67(49)39-31-46-60(65-35-39)59-45(13-10-28-64-59)61(46)44-25-24-38(66-51-16-5-7-19-54(51)69-55-20-8-6-17-52(55)66)32-57(44)70-56-21-9-18-53(58(56)61)68-48-15-4-2-12-41(48)43-30-37(34-63)23-27-50(43)68/h1-32,35H. The van der Waals surface area contributed by atoms with Crippen molar-refractivity contribution < 1.29 is 4.74 Å². The van der Waals surface area contributed by atoms with Crippen LogP contribution in [0.4, 0.5) is 17.1 Å². The number of fused-ring (bicyclic) bond motifs is 17. The molecule has 0 N–H and O–H groups in total. The van der Waals surface area contributed by atoms with E-state index in [1.807, 2.05) is 60.9 Å². The Labute approximate surface area is 405 Å². The number of anilines is 3. The molecule has 4 aromatic heterocycles. The minimum absolute atomic E-state index is 0.612. The molecule has 12 aromatic rings. The third kappa shape index (κ3) is 5.08. The van der Waals surface area contributed by atoms with Crippen LogP contribution in [0.5, 0.6) is 11.5 Å². The SMILES string of the molecule is N#Cc1ccc2c(c1)c1ccccc1n2-c1cnc2c(c1)C1(c3ccc(N4c5ccccc5Oc5ccccc54)cc3Sc3cccc(-n4c5ccccc5c5cc(C#N)ccc54)c31)c1cccnc1-2. The van der Waals surface area contributed by atoms with Gasteiger partial charge in [0, 0.05) is 54.3 Å². The van der Waals surface area contributed by atoms with Crippen LogP contribution in [0.15, 0.2) is 210 Å². The Hall–Kier alpha value is -9.41. The fourth-order valence-electron chi connectivity index (χ4n) is 11.7. The summed E-state index contributed by atoms with van der Waals surface area (Å²) in [6.07, 6.45) is 3.85. The number of hydrogen-bond acceptors (Lipinski definition) is 7. The van der Waals surface area contributed by atoms with Crippen molar-refractivity contribution in [2.24, 2.45) is 0 Å². The first-order chi connectivity index (χ1) is 34.6. The molecule has 0 radical (unpaired) electrons. The van der Waals surface area contributed by atoms with Crippen LogP contribution in [0.25, 0.3) is 66.4 Å². The average molecular weight is 912 g/mol. The van der Waals surface area contributed by atoms with Crippen molar-refractivity contribution in [1.82, 2.24) is 19.1 Å². The minimum atomic E-state index is -0.926. The van der Waals surface area contributed by atoms with Gasteiger partial charge in [-0.1, -0.05) is 90.6 Å². The van der Waals surface area contributed by atoms with Gasteiger partial charge >= 0.3 is 0 Å². The van der Waals surface area contributed by atoms with Crippen molar-refractivity contribution in [2.45, 2.75) is 15.2 Å². The van der Waals surface area contributed by atoms with E-state index < -0.39 is 5.41 Å². The highest BCUT2D eigenvalue weighted by Gasteiger charge is 2.53. The number of benzene rings is 8. The Morgan fingerprint density at radius 2 is 1.07 bits per heavy atom. The van der Waals surface area contributed by atoms with Crippen molar-refractivity contribution in [3.8, 4) is 46.4 Å². The summed E-state index contributed by atoms with van der Waals surface area (Å²) in [5.41, 5.74) is 15.2. The lowest BCUT2D eigenvalue weighted by molar-refractivity contribution is 0.477. The number of ether oxygens (including phenoxy) is 1. The van der Waals surface area contributed by atoms with E-state index in [-0.39, 0.29) is 0 Å². The third-order valence-electron chi connectivity index (χ3n) is 14.5. The van der Waals surface area contributed by atoms with E-state index in [1.165, 1.54) is 0 Å². The van der Waals surface area contributed by atoms with Gasteiger partial charge in [-0.3, -0.25) is 9.97 Å². The number of nitrogens with zero attached hydrogens (tertiary/aromatic N) is 7. The molecule has 0 amide bonds. The van der Waals surface area contributed by atoms with E-state index in [0.717, 1.165) is 127 Å². The second kappa shape index (κ2) is 14.3. The van der Waals surface area contributed by atoms with Gasteiger partial charge in [0.05, 0.1) is 91.1 Å². The molecule has 9 heteroatoms. The summed E-state index contributed by atoms with van der Waals surface area (Å²) in [6, 6.07) is 70.2. The van der Waals surface area contributed by atoms with Crippen molar-refractivity contribution in [1.29, 1.82) is 10.5 Å². The number of para-hydroxylation sites is 6. The molecule has 0 saturated carbocycles. The molecule has 3 aliphatic rings. The van der Waals surface area contributed by atoms with Gasteiger partial charge in [-0.15, -0.1) is 0 Å². The summed E-state index contributed by atoms with van der Waals surface area (Å²) in [5, 5.41) is 24.3. The molecule has 0 bridgehead atoms. The number of rotatable bonds is 3. The number of hydrogen-bond donors (Lipinski definition) is 0. The molecule has 1 aliphatic carbocycles. The fraction of sp³-hybridized carbons (Fsp3) is 0.0164. The monoisotopic (exact) mass is 911 g/mol. The molecule has 1 atom stereocenters. The molecule has 8 nitrogen and oxygen atoms in total. The van der Waals surface area contributed by atoms with Crippen LogP contribution in [0.3, 0.4) is 0 Å². The Kier molecular flexibility index (Phi) is 7.90. The molecule has 1 spiro atoms. The Morgan fingerprint density at radius 3 is 1.79 bits per heavy atom. The first kappa shape index (κ1) is 38.7. The Morgan fingerprint density at radius 1 is 0.457 bits per heavy atom. The van der Waals surface area contributed by atoms with Crippen LogP contribution in [-0.4, -0.2) is 19.1 Å². The van der Waals surface area contributed by atoms with Crippen LogP contribution in [-0.2, 0) is 5.41 Å². The van der Waals surface area contributed by atoms with Gasteiger partial charge in [0.2, 0.25) is 0 Å². The second-order valence-electron chi connectivity index (χ2n) is 17.9. The molecule has 1 unspecified atom stereocenters. The summed E-state index contributed by atoms with van der Waals surface area (Å²) in [4.78, 5) is 15.2. The van der Waals surface area contributed by atoms with E-state index in [9.17, 15) is 10.5 Å². The van der Waals surface area contributed by atoms with Gasteiger partial charge in [-0.05, 0) is 120 Å². The zero-order valence-corrected chi connectivity index (χ0v) is 37.8. The van der Waals surface area contributed by atoms with Gasteiger partial charge in [-0.25, -0.2) is 0 Å². The van der Waals surface area contributed by atoms with Crippen molar-refractivity contribution in [2.75, 3.05) is 4.90 Å². The molecule has 70 heavy (non-hydrogen) atoms. The maximum absolute atomic E-state index is 10.1. The molecular formula is C61H33N7OS. The smallest absolute Gasteiger partial charge is 0.151 e. The molecular weight excluding hydrogens is 879 g/mol. The van der Waals surface area contributed by atoms with Crippen molar-refractivity contribution in [3.05, 3.63) is 234 Å². The number of aromatic nitrogens is 4. The topological polar surface area (TPSA) is 95.7 Å². The highest BCUT2D eigenvalue weighted by atomic mass is 32.2. The van der Waals surface area contributed by atoms with E-state index >= 15 is 0 Å². The lowest BCUT2D eigenvalue weighted by Gasteiger charge is -2.41. The Balaban J connectivity index is 1.06. The second-order valence-corrected chi connectivity index (χ2v) is 19.0. The molecule has 15 rings (SSSR count). The van der Waals surface area contributed by atoms with Crippen LogP contribution in [0.2, 0.25) is 0 Å². The van der Waals surface area contributed by atoms with E-state index in [2.05, 4.69) is 166 Å². The van der Waals surface area contributed by atoms with Gasteiger partial charge < -0.3 is 18.8 Å². The lowest BCUT2D eigenvalue weighted by atomic mass is 9.67. The van der Waals surface area contributed by atoms with Crippen LogP contribution < -0.4 is 9.64 Å². The summed E-state index contributed by atoms with van der Waals surface area (Å²) >= 11 is 1.78. The highest BCUT2D eigenvalue weighted by molar-refractivity contribution is 7.99. The lowest BCUT2D eigenvalue weighted by Crippen LogP contribution is -2.34. The van der Waals surface area contributed by atoms with Gasteiger partial charge in [-0.2, -0.15) is 10.5 Å². The third-order valence-corrected chi connectivity index (χ3v) is 15.6. The highest BCUT2D eigenvalue weighted by Crippen LogP contribution is 2.64. The first-order valence-corrected chi connectivity index (χ1v) is 23.9. The van der Waals surface area contributed by atoms with Gasteiger partial charge in [0.1, 0.15) is 0 Å². The minimum Gasteiger partial charge on any atom is -0.453 e. The van der Waals surface area contributed by atoms with Gasteiger partial charge in [0.15, 0.2) is 11.5 Å². The number of nitriles is 2. The van der Waals surface area contributed by atoms with Crippen molar-refractivity contribution >= 4 is 72.4 Å². The van der Waals surface area contributed by atoms with E-state index in [0.29, 0.717) is 11.1 Å². The van der Waals surface area contributed by atoms with E-state index in [4.69, 9.17) is 14.7 Å². The maximum Gasteiger partial charge on any atom is 0.151 e. The molecule has 8 aromatic carbocycles. The Bertz CT molecular complexity index is 4340. The molecule has 0 saturated heterocycles. The van der Waals surface area contributed by atoms with Crippen LogP contribution >= 0.6 is 11.8 Å². The molecule has 324 valence electrons. The normalized spacial score (nSPS) is 14.9. The summed E-state index contributed by atoms with van der Waals surface area (Å²) in [5.74, 6) is 1.59. The van der Waals surface area contributed by atoms with Crippen LogP contribution in [0.1, 0.15) is 33.4 Å². The molecule has 0 fully saturated rings. The summed E-state index contributed by atoms with van der Waals surface area (Å²) < 4.78 is 11.1. The zero-order chi connectivity index (χ0) is 46.2. The predicted molar refractivity (Wildman–Crippen MR) is 276 cm³/mol. The maximum atomic E-state index is 10.1.